The largest absolute Gasteiger partial charge is 0.481 e. The summed E-state index contributed by atoms with van der Waals surface area (Å²) < 4.78 is 23.1. The van der Waals surface area contributed by atoms with E-state index in [2.05, 4.69) is 0 Å². The van der Waals surface area contributed by atoms with E-state index in [4.69, 9.17) is 0 Å². The lowest BCUT2D eigenvalue weighted by Gasteiger charge is -2.33. The van der Waals surface area contributed by atoms with Crippen LogP contribution in [0.5, 0.6) is 0 Å². The van der Waals surface area contributed by atoms with Crippen molar-refractivity contribution in [3.05, 3.63) is 29.8 Å². The van der Waals surface area contributed by atoms with Gasteiger partial charge in [0.15, 0.2) is 9.84 Å². The average Bonchev–Trinajstić information content (AvgIpc) is 2.43. The highest BCUT2D eigenvalue weighted by atomic mass is 32.2. The maximum Gasteiger partial charge on any atom is 0.311 e. The van der Waals surface area contributed by atoms with Gasteiger partial charge in [0.25, 0.3) is 0 Å². The number of benzene rings is 1. The van der Waals surface area contributed by atoms with Crippen LogP contribution in [0.1, 0.15) is 24.8 Å². The molecule has 1 aromatic rings. The molecule has 0 spiro atoms. The van der Waals surface area contributed by atoms with Crippen LogP contribution in [0.15, 0.2) is 24.3 Å². The number of para-hydroxylation sites is 1. The second kappa shape index (κ2) is 5.48. The van der Waals surface area contributed by atoms with Crippen LogP contribution >= 0.6 is 0 Å². The smallest absolute Gasteiger partial charge is 0.311 e. The predicted octanol–water partition coefficient (Wildman–Crippen LogP) is 1.02. The molecule has 7 heteroatoms. The zero-order valence-corrected chi connectivity index (χ0v) is 12.6. The Morgan fingerprint density at radius 1 is 1.33 bits per heavy atom. The van der Waals surface area contributed by atoms with E-state index in [-0.39, 0.29) is 13.0 Å². The van der Waals surface area contributed by atoms with Crippen LogP contribution in [0, 0.1) is 0 Å². The van der Waals surface area contributed by atoms with E-state index in [1.807, 2.05) is 0 Å². The minimum atomic E-state index is -3.49. The molecule has 0 aliphatic carbocycles. The number of rotatable bonds is 3. The van der Waals surface area contributed by atoms with Crippen molar-refractivity contribution in [2.24, 2.45) is 0 Å². The molecular weight excluding hydrogens is 294 g/mol. The van der Waals surface area contributed by atoms with Crippen molar-refractivity contribution in [1.29, 1.82) is 0 Å². The van der Waals surface area contributed by atoms with E-state index in [1.54, 1.807) is 24.3 Å². The third-order valence-corrected chi connectivity index (χ3v) is 5.28. The number of carboxylic acid groups (broad SMARTS) is 1. The zero-order valence-electron chi connectivity index (χ0n) is 11.8. The molecule has 1 aromatic carbocycles. The fraction of sp³-hybridized carbons (Fsp3) is 0.429. The van der Waals surface area contributed by atoms with Gasteiger partial charge in [0.2, 0.25) is 5.91 Å². The summed E-state index contributed by atoms with van der Waals surface area (Å²) >= 11 is 0. The molecule has 0 saturated carbocycles. The molecule has 0 fully saturated rings. The monoisotopic (exact) mass is 311 g/mol. The number of carbonyl (C=O) groups excluding carboxylic acids is 1. The fourth-order valence-corrected chi connectivity index (χ4v) is 2.94. The third kappa shape index (κ3) is 2.92. The molecule has 1 aliphatic rings. The Kier molecular flexibility index (Phi) is 4.04. The van der Waals surface area contributed by atoms with Crippen LogP contribution in [0.4, 0.5) is 5.69 Å². The van der Waals surface area contributed by atoms with Gasteiger partial charge in [-0.2, -0.15) is 0 Å². The quantitative estimate of drug-likeness (QED) is 0.900. The van der Waals surface area contributed by atoms with Gasteiger partial charge in [-0.3, -0.25) is 9.59 Å². The molecule has 2 unspecified atom stereocenters. The van der Waals surface area contributed by atoms with Gasteiger partial charge in [-0.1, -0.05) is 18.2 Å². The lowest BCUT2D eigenvalue weighted by Crippen LogP contribution is -2.45. The molecule has 114 valence electrons. The first-order valence-corrected chi connectivity index (χ1v) is 8.51. The second-order valence-electron chi connectivity index (χ2n) is 5.20. The van der Waals surface area contributed by atoms with E-state index in [1.165, 1.54) is 11.8 Å². The molecule has 0 aromatic heterocycles. The Balaban J connectivity index is 2.42. The zero-order chi connectivity index (χ0) is 15.8. The van der Waals surface area contributed by atoms with Crippen LogP contribution in [0.2, 0.25) is 0 Å². The molecule has 2 rings (SSSR count). The number of aliphatic carboxylic acids is 1. The number of hydrogen-bond acceptors (Lipinski definition) is 4. The maximum absolute atomic E-state index is 12.4. The van der Waals surface area contributed by atoms with Crippen LogP contribution in [-0.4, -0.2) is 43.5 Å². The molecule has 6 nitrogen and oxygen atoms in total. The topological polar surface area (TPSA) is 91.8 Å². The Morgan fingerprint density at radius 2 is 1.95 bits per heavy atom. The van der Waals surface area contributed by atoms with Crippen LogP contribution in [0.25, 0.3) is 0 Å². The summed E-state index contributed by atoms with van der Waals surface area (Å²) in [5.41, 5.74) is 1.03. The first-order valence-electron chi connectivity index (χ1n) is 6.55. The van der Waals surface area contributed by atoms with Gasteiger partial charge >= 0.3 is 5.97 Å². The van der Waals surface area contributed by atoms with Gasteiger partial charge in [0, 0.05) is 18.5 Å². The predicted molar refractivity (Wildman–Crippen MR) is 78.1 cm³/mol. The van der Waals surface area contributed by atoms with E-state index in [0.717, 1.165) is 6.26 Å². The number of nitrogens with zero attached hydrogens (tertiary/aromatic N) is 1. The third-order valence-electron chi connectivity index (χ3n) is 3.80. The van der Waals surface area contributed by atoms with Crippen LogP contribution in [0.3, 0.4) is 0 Å². The average molecular weight is 311 g/mol. The molecule has 1 amide bonds. The van der Waals surface area contributed by atoms with Crippen LogP contribution < -0.4 is 4.90 Å². The number of amides is 1. The number of carbonyl (C=O) groups is 2. The standard InChI is InChI=1S/C14H17NO5S/c1-9(21(2,19)20)13(16)15-8-7-11(14(17)18)10-5-3-4-6-12(10)15/h3-6,9,11H,7-8H2,1-2H3,(H,17,18). The van der Waals surface area contributed by atoms with Gasteiger partial charge in [-0.05, 0) is 25.0 Å². The summed E-state index contributed by atoms with van der Waals surface area (Å²) in [7, 11) is -3.49. The van der Waals surface area contributed by atoms with Crippen molar-refractivity contribution in [1.82, 2.24) is 0 Å². The lowest BCUT2D eigenvalue weighted by atomic mass is 9.90. The minimum Gasteiger partial charge on any atom is -0.481 e. The molecule has 1 aliphatic heterocycles. The molecule has 1 heterocycles. The normalized spacial score (nSPS) is 19.7. The highest BCUT2D eigenvalue weighted by molar-refractivity contribution is 7.92. The molecule has 0 bridgehead atoms. The van der Waals surface area contributed by atoms with E-state index in [0.29, 0.717) is 11.3 Å². The summed E-state index contributed by atoms with van der Waals surface area (Å²) in [6.45, 7) is 1.55. The number of fused-ring (bicyclic) bond motifs is 1. The minimum absolute atomic E-state index is 0.201. The van der Waals surface area contributed by atoms with Gasteiger partial charge in [0.1, 0.15) is 5.25 Å². The van der Waals surface area contributed by atoms with Crippen molar-refractivity contribution in [2.75, 3.05) is 17.7 Å². The first kappa shape index (κ1) is 15.5. The summed E-state index contributed by atoms with van der Waals surface area (Å²) in [4.78, 5) is 25.0. The highest BCUT2D eigenvalue weighted by Crippen LogP contribution is 2.35. The molecule has 2 atom stereocenters. The van der Waals surface area contributed by atoms with Crippen molar-refractivity contribution in [3.8, 4) is 0 Å². The number of anilines is 1. The molecular formula is C14H17NO5S. The summed E-state index contributed by atoms with van der Waals surface area (Å²) in [5, 5.41) is 8.10. The van der Waals surface area contributed by atoms with Gasteiger partial charge in [-0.15, -0.1) is 0 Å². The molecule has 0 saturated heterocycles. The molecule has 0 radical (unpaired) electrons. The summed E-state index contributed by atoms with van der Waals surface area (Å²) in [6, 6.07) is 6.73. The van der Waals surface area contributed by atoms with Crippen molar-refractivity contribution in [3.63, 3.8) is 0 Å². The second-order valence-corrected chi connectivity index (χ2v) is 7.57. The Bertz CT molecular complexity index is 682. The van der Waals surface area contributed by atoms with Gasteiger partial charge in [-0.25, -0.2) is 8.42 Å². The van der Waals surface area contributed by atoms with Crippen molar-refractivity contribution >= 4 is 27.4 Å². The number of sulfone groups is 1. The Morgan fingerprint density at radius 3 is 2.52 bits per heavy atom. The first-order chi connectivity index (χ1) is 9.73. The van der Waals surface area contributed by atoms with Crippen molar-refractivity contribution < 1.29 is 23.1 Å². The Labute approximate surface area is 123 Å². The van der Waals surface area contributed by atoms with E-state index in [9.17, 15) is 23.1 Å². The van der Waals surface area contributed by atoms with Gasteiger partial charge < -0.3 is 10.0 Å². The number of hydrogen-bond donors (Lipinski definition) is 1. The van der Waals surface area contributed by atoms with E-state index < -0.39 is 32.9 Å². The SMILES string of the molecule is CC(C(=O)N1CCC(C(=O)O)c2ccccc21)S(C)(=O)=O. The van der Waals surface area contributed by atoms with Gasteiger partial charge in [0.05, 0.1) is 5.92 Å². The summed E-state index contributed by atoms with van der Waals surface area (Å²) in [6.07, 6.45) is 1.29. The lowest BCUT2D eigenvalue weighted by molar-refractivity contribution is -0.139. The fourth-order valence-electron chi connectivity index (χ4n) is 2.45. The molecule has 21 heavy (non-hydrogen) atoms. The highest BCUT2D eigenvalue weighted by Gasteiger charge is 2.36. The molecule has 1 N–H and O–H groups in total. The van der Waals surface area contributed by atoms with E-state index >= 15 is 0 Å². The number of carboxylic acids is 1. The maximum atomic E-state index is 12.4. The Hall–Kier alpha value is -1.89. The van der Waals surface area contributed by atoms with Crippen LogP contribution in [-0.2, 0) is 19.4 Å². The van der Waals surface area contributed by atoms with Crippen molar-refractivity contribution in [2.45, 2.75) is 24.5 Å². The summed E-state index contributed by atoms with van der Waals surface area (Å²) in [5.74, 6) is -2.13.